The number of benzene rings is 2. The van der Waals surface area contributed by atoms with Gasteiger partial charge in [-0.2, -0.15) is 4.31 Å². The molecule has 2 heterocycles. The van der Waals surface area contributed by atoms with E-state index in [1.54, 1.807) is 25.1 Å². The van der Waals surface area contributed by atoms with E-state index in [0.29, 0.717) is 11.3 Å². The van der Waals surface area contributed by atoms with Crippen LogP contribution >= 0.6 is 0 Å². The molecule has 0 radical (unpaired) electrons. The minimum absolute atomic E-state index is 0.0513. The molecule has 0 saturated carbocycles. The van der Waals surface area contributed by atoms with E-state index in [0.717, 1.165) is 11.1 Å². The monoisotopic (exact) mass is 451 g/mol. The second-order valence-corrected chi connectivity index (χ2v) is 9.85. The van der Waals surface area contributed by atoms with Crippen molar-refractivity contribution < 1.29 is 13.2 Å². The van der Waals surface area contributed by atoms with Gasteiger partial charge in [0.2, 0.25) is 10.0 Å². The van der Waals surface area contributed by atoms with Gasteiger partial charge in [-0.3, -0.25) is 9.59 Å². The number of aromatic nitrogens is 1. The number of nitrogens with one attached hydrogen (secondary N) is 1. The van der Waals surface area contributed by atoms with Crippen LogP contribution in [0, 0.1) is 13.8 Å². The molecule has 1 saturated heterocycles. The van der Waals surface area contributed by atoms with Crippen LogP contribution in [0.4, 0.5) is 0 Å². The Morgan fingerprint density at radius 2 is 1.59 bits per heavy atom. The van der Waals surface area contributed by atoms with Gasteiger partial charge < -0.3 is 9.88 Å². The largest absolute Gasteiger partial charge is 0.336 e. The molecule has 0 atom stereocenters. The molecule has 0 unspecified atom stereocenters. The lowest BCUT2D eigenvalue weighted by atomic mass is 10.1. The number of amides is 1. The maximum Gasteiger partial charge on any atom is 0.261 e. The fourth-order valence-electron chi connectivity index (χ4n) is 3.96. The molecular weight excluding hydrogens is 426 g/mol. The highest BCUT2D eigenvalue weighted by atomic mass is 32.2. The van der Waals surface area contributed by atoms with E-state index in [-0.39, 0.29) is 36.6 Å². The minimum atomic E-state index is -3.64. The molecule has 1 fully saturated rings. The number of hydrogen-bond donors (Lipinski definition) is 1. The molecule has 166 valence electrons. The van der Waals surface area contributed by atoms with Gasteiger partial charge in [0, 0.05) is 31.9 Å². The molecule has 0 aliphatic carbocycles. The number of sulfonamides is 1. The third kappa shape index (κ3) is 4.24. The maximum absolute atomic E-state index is 13.1. The first-order valence-electron chi connectivity index (χ1n) is 10.4. The third-order valence-electron chi connectivity index (χ3n) is 5.70. The van der Waals surface area contributed by atoms with E-state index in [9.17, 15) is 18.0 Å². The van der Waals surface area contributed by atoms with Crippen LogP contribution in [0.3, 0.4) is 0 Å². The number of rotatable bonds is 4. The van der Waals surface area contributed by atoms with Gasteiger partial charge in [0.25, 0.3) is 11.5 Å². The lowest BCUT2D eigenvalue weighted by Gasteiger charge is -2.34. The second-order valence-electron chi connectivity index (χ2n) is 7.95. The summed E-state index contributed by atoms with van der Waals surface area (Å²) < 4.78 is 27.5. The van der Waals surface area contributed by atoms with Crippen molar-refractivity contribution in [3.63, 3.8) is 0 Å². The smallest absolute Gasteiger partial charge is 0.261 e. The Morgan fingerprint density at radius 1 is 0.906 bits per heavy atom. The summed E-state index contributed by atoms with van der Waals surface area (Å²) in [6.07, 6.45) is 0. The molecule has 1 aliphatic heterocycles. The summed E-state index contributed by atoms with van der Waals surface area (Å²) in [6.45, 7) is 4.52. The number of pyridine rings is 1. The van der Waals surface area contributed by atoms with E-state index < -0.39 is 21.5 Å². The summed E-state index contributed by atoms with van der Waals surface area (Å²) in [7, 11) is -3.64. The molecule has 7 nitrogen and oxygen atoms in total. The zero-order chi connectivity index (χ0) is 22.9. The summed E-state index contributed by atoms with van der Waals surface area (Å²) >= 11 is 0. The average molecular weight is 452 g/mol. The molecule has 1 N–H and O–H groups in total. The number of piperazine rings is 1. The molecule has 2 aromatic carbocycles. The highest BCUT2D eigenvalue weighted by Crippen LogP contribution is 2.22. The molecule has 1 amide bonds. The van der Waals surface area contributed by atoms with Crippen LogP contribution in [-0.2, 0) is 10.0 Å². The number of H-pyrrole nitrogens is 1. The SMILES string of the molecule is Cc1ccc(S(=O)(=O)N2CCN(C(=O)c3ccc(-c4ccccc4)[nH]c3=O)CC2)c(C)c1. The van der Waals surface area contributed by atoms with Crippen molar-refractivity contribution >= 4 is 15.9 Å². The number of nitrogens with zero attached hydrogens (tertiary/aromatic N) is 2. The Hall–Kier alpha value is -3.23. The van der Waals surface area contributed by atoms with Crippen molar-refractivity contribution in [2.75, 3.05) is 26.2 Å². The molecule has 1 aliphatic rings. The summed E-state index contributed by atoms with van der Waals surface area (Å²) in [5.74, 6) is -0.394. The van der Waals surface area contributed by atoms with Gasteiger partial charge in [-0.1, -0.05) is 48.0 Å². The van der Waals surface area contributed by atoms with Gasteiger partial charge >= 0.3 is 0 Å². The van der Waals surface area contributed by atoms with Crippen molar-refractivity contribution in [1.29, 1.82) is 0 Å². The number of carbonyl (C=O) groups is 1. The van der Waals surface area contributed by atoms with Gasteiger partial charge in [0.15, 0.2) is 0 Å². The molecule has 4 rings (SSSR count). The van der Waals surface area contributed by atoms with Crippen LogP contribution in [0.15, 0.2) is 70.4 Å². The van der Waals surface area contributed by atoms with Crippen LogP contribution in [0.25, 0.3) is 11.3 Å². The average Bonchev–Trinajstić information content (AvgIpc) is 2.79. The Balaban J connectivity index is 1.47. The van der Waals surface area contributed by atoms with Gasteiger partial charge in [0.1, 0.15) is 5.56 Å². The highest BCUT2D eigenvalue weighted by Gasteiger charge is 2.31. The number of carbonyl (C=O) groups excluding carboxylic acids is 1. The topological polar surface area (TPSA) is 90.6 Å². The Bertz CT molecular complexity index is 1310. The first-order valence-corrected chi connectivity index (χ1v) is 11.9. The fraction of sp³-hybridized carbons (Fsp3) is 0.250. The lowest BCUT2D eigenvalue weighted by molar-refractivity contribution is 0.0696. The molecule has 0 bridgehead atoms. The molecule has 32 heavy (non-hydrogen) atoms. The van der Waals surface area contributed by atoms with Crippen molar-refractivity contribution in [3.05, 3.63) is 87.7 Å². The number of hydrogen-bond acceptors (Lipinski definition) is 4. The van der Waals surface area contributed by atoms with E-state index in [2.05, 4.69) is 4.98 Å². The zero-order valence-electron chi connectivity index (χ0n) is 18.0. The predicted molar refractivity (Wildman–Crippen MR) is 123 cm³/mol. The van der Waals surface area contributed by atoms with Crippen molar-refractivity contribution in [2.24, 2.45) is 0 Å². The highest BCUT2D eigenvalue weighted by molar-refractivity contribution is 7.89. The van der Waals surface area contributed by atoms with E-state index in [4.69, 9.17) is 0 Å². The molecule has 0 spiro atoms. The molecular formula is C24H25N3O4S. The zero-order valence-corrected chi connectivity index (χ0v) is 18.9. The van der Waals surface area contributed by atoms with Crippen LogP contribution in [0.1, 0.15) is 21.5 Å². The van der Waals surface area contributed by atoms with Crippen molar-refractivity contribution in [2.45, 2.75) is 18.7 Å². The normalized spacial score (nSPS) is 15.0. The summed E-state index contributed by atoms with van der Waals surface area (Å²) in [5, 5.41) is 0. The fourth-order valence-corrected chi connectivity index (χ4v) is 5.59. The van der Waals surface area contributed by atoms with E-state index in [1.807, 2.05) is 43.3 Å². The molecule has 1 aromatic heterocycles. The van der Waals surface area contributed by atoms with Crippen molar-refractivity contribution in [3.8, 4) is 11.3 Å². The first-order chi connectivity index (χ1) is 15.3. The Kier molecular flexibility index (Phi) is 5.99. The van der Waals surface area contributed by atoms with Gasteiger partial charge in [-0.15, -0.1) is 0 Å². The van der Waals surface area contributed by atoms with Crippen LogP contribution < -0.4 is 5.56 Å². The maximum atomic E-state index is 13.1. The quantitative estimate of drug-likeness (QED) is 0.660. The summed E-state index contributed by atoms with van der Waals surface area (Å²) in [4.78, 5) is 30.1. The molecule has 8 heteroatoms. The van der Waals surface area contributed by atoms with E-state index >= 15 is 0 Å². The standard InChI is InChI=1S/C24H25N3O4S/c1-17-8-11-22(18(2)16-17)32(30,31)27-14-12-26(13-15-27)24(29)20-9-10-21(25-23(20)28)19-6-4-3-5-7-19/h3-11,16H,12-15H2,1-2H3,(H,25,28). The van der Waals surface area contributed by atoms with Crippen LogP contribution in [-0.4, -0.2) is 54.7 Å². The van der Waals surface area contributed by atoms with E-state index in [1.165, 1.54) is 15.3 Å². The Labute approximate surface area is 187 Å². The summed E-state index contributed by atoms with van der Waals surface area (Å²) in [6, 6.07) is 17.9. The second kappa shape index (κ2) is 8.72. The minimum Gasteiger partial charge on any atom is -0.336 e. The number of aromatic amines is 1. The van der Waals surface area contributed by atoms with Crippen LogP contribution in [0.5, 0.6) is 0 Å². The van der Waals surface area contributed by atoms with Crippen LogP contribution in [0.2, 0.25) is 0 Å². The lowest BCUT2D eigenvalue weighted by Crippen LogP contribution is -2.51. The predicted octanol–water partition coefficient (Wildman–Crippen LogP) is 2.81. The number of aryl methyl sites for hydroxylation is 2. The van der Waals surface area contributed by atoms with Gasteiger partial charge in [0.05, 0.1) is 4.90 Å². The first kappa shape index (κ1) is 22.0. The molecule has 3 aromatic rings. The van der Waals surface area contributed by atoms with Crippen molar-refractivity contribution in [1.82, 2.24) is 14.2 Å². The Morgan fingerprint density at radius 3 is 2.22 bits per heavy atom. The van der Waals surface area contributed by atoms with Gasteiger partial charge in [-0.05, 0) is 43.2 Å². The van der Waals surface area contributed by atoms with Gasteiger partial charge in [-0.25, -0.2) is 8.42 Å². The summed E-state index contributed by atoms with van der Waals surface area (Å²) in [5.41, 5.74) is 2.79. The third-order valence-corrected chi connectivity index (χ3v) is 7.76.